The van der Waals surface area contributed by atoms with Crippen LogP contribution in [0.2, 0.25) is 0 Å². The molecule has 1 aliphatic rings. The van der Waals surface area contributed by atoms with Gasteiger partial charge >= 0.3 is 0 Å². The number of fused-ring (bicyclic) bond motifs is 1. The molecule has 1 aliphatic heterocycles. The third-order valence-electron chi connectivity index (χ3n) is 2.38. The lowest BCUT2D eigenvalue weighted by atomic mass is 10.1. The van der Waals surface area contributed by atoms with Gasteiger partial charge in [-0.3, -0.25) is 15.1 Å². The first-order chi connectivity index (χ1) is 7.18. The van der Waals surface area contributed by atoms with Gasteiger partial charge in [-0.2, -0.15) is 0 Å². The Labute approximate surface area is 87.0 Å². The minimum Gasteiger partial charge on any atom is -0.383 e. The fourth-order valence-electron chi connectivity index (χ4n) is 1.60. The molecule has 15 heavy (non-hydrogen) atoms. The van der Waals surface area contributed by atoms with Crippen molar-refractivity contribution < 1.29 is 4.92 Å². The molecule has 1 aromatic rings. The number of anilines is 1. The molecule has 0 saturated heterocycles. The molecule has 0 fully saturated rings. The third-order valence-corrected chi connectivity index (χ3v) is 2.38. The van der Waals surface area contributed by atoms with Gasteiger partial charge in [0.15, 0.2) is 0 Å². The highest BCUT2D eigenvalue weighted by atomic mass is 16.6. The summed E-state index contributed by atoms with van der Waals surface area (Å²) >= 11 is 0. The molecule has 5 nitrogen and oxygen atoms in total. The maximum Gasteiger partial charge on any atom is 0.270 e. The summed E-state index contributed by atoms with van der Waals surface area (Å²) in [6.07, 6.45) is 0. The van der Waals surface area contributed by atoms with Crippen LogP contribution in [0.3, 0.4) is 0 Å². The van der Waals surface area contributed by atoms with E-state index in [0.29, 0.717) is 6.54 Å². The number of hydrogen-bond acceptors (Lipinski definition) is 4. The second-order valence-corrected chi connectivity index (χ2v) is 3.38. The minimum absolute atomic E-state index is 0.104. The highest BCUT2D eigenvalue weighted by Gasteiger charge is 2.13. The van der Waals surface area contributed by atoms with E-state index in [9.17, 15) is 10.1 Å². The molecule has 0 aliphatic carbocycles. The first kappa shape index (κ1) is 9.64. The zero-order valence-electron chi connectivity index (χ0n) is 8.36. The molecule has 5 heteroatoms. The summed E-state index contributed by atoms with van der Waals surface area (Å²) in [5.74, 6) is 0. The van der Waals surface area contributed by atoms with E-state index in [0.717, 1.165) is 23.5 Å². The van der Waals surface area contributed by atoms with Gasteiger partial charge in [0.25, 0.3) is 5.69 Å². The lowest BCUT2D eigenvalue weighted by Gasteiger charge is -2.06. The molecule has 78 valence electrons. The first-order valence-corrected chi connectivity index (χ1v) is 4.72. The van der Waals surface area contributed by atoms with E-state index in [1.54, 1.807) is 12.1 Å². The minimum atomic E-state index is -0.390. The van der Waals surface area contributed by atoms with Gasteiger partial charge in [0.05, 0.1) is 11.5 Å². The summed E-state index contributed by atoms with van der Waals surface area (Å²) in [7, 11) is 0. The number of nitrogens with one attached hydrogen (secondary N) is 1. The summed E-state index contributed by atoms with van der Waals surface area (Å²) in [5.41, 5.74) is 2.69. The van der Waals surface area contributed by atoms with Crippen LogP contribution in [0.25, 0.3) is 0 Å². The second kappa shape index (κ2) is 3.68. The van der Waals surface area contributed by atoms with E-state index in [1.807, 2.05) is 6.92 Å². The molecule has 0 spiro atoms. The maximum atomic E-state index is 10.6. The van der Waals surface area contributed by atoms with Crippen molar-refractivity contribution in [2.75, 3.05) is 18.4 Å². The molecular weight excluding hydrogens is 194 g/mol. The van der Waals surface area contributed by atoms with Gasteiger partial charge in [0.2, 0.25) is 0 Å². The number of nitro groups is 1. The highest BCUT2D eigenvalue weighted by Crippen LogP contribution is 2.23. The molecule has 0 atom stereocenters. The van der Waals surface area contributed by atoms with Crippen LogP contribution in [0.5, 0.6) is 0 Å². The number of nitro benzene ring substituents is 1. The molecule has 2 rings (SSSR count). The molecule has 0 unspecified atom stereocenters. The smallest absolute Gasteiger partial charge is 0.270 e. The lowest BCUT2D eigenvalue weighted by Crippen LogP contribution is -2.04. The molecule has 0 bridgehead atoms. The molecule has 0 saturated carbocycles. The van der Waals surface area contributed by atoms with Crippen LogP contribution in [-0.2, 0) is 0 Å². The topological polar surface area (TPSA) is 67.5 Å². The van der Waals surface area contributed by atoms with Crippen molar-refractivity contribution in [3.05, 3.63) is 33.9 Å². The lowest BCUT2D eigenvalue weighted by molar-refractivity contribution is -0.384. The van der Waals surface area contributed by atoms with Crippen molar-refractivity contribution in [3.8, 4) is 0 Å². The fraction of sp³-hybridized carbons (Fsp3) is 0.300. The van der Waals surface area contributed by atoms with Crippen molar-refractivity contribution in [2.45, 2.75) is 6.92 Å². The van der Waals surface area contributed by atoms with E-state index in [4.69, 9.17) is 0 Å². The van der Waals surface area contributed by atoms with Crippen LogP contribution in [0, 0.1) is 10.1 Å². The predicted molar refractivity (Wildman–Crippen MR) is 58.7 cm³/mol. The zero-order chi connectivity index (χ0) is 10.8. The van der Waals surface area contributed by atoms with E-state index in [2.05, 4.69) is 10.3 Å². The largest absolute Gasteiger partial charge is 0.383 e. The second-order valence-electron chi connectivity index (χ2n) is 3.38. The van der Waals surface area contributed by atoms with Gasteiger partial charge in [0, 0.05) is 35.6 Å². The maximum absolute atomic E-state index is 10.6. The number of hydrogen-bond donors (Lipinski definition) is 1. The molecule has 1 N–H and O–H groups in total. The Morgan fingerprint density at radius 2 is 2.33 bits per heavy atom. The van der Waals surface area contributed by atoms with Crippen LogP contribution in [0.15, 0.2) is 23.2 Å². The number of non-ortho nitro benzene ring substituents is 1. The quantitative estimate of drug-likeness (QED) is 0.561. The van der Waals surface area contributed by atoms with Gasteiger partial charge in [-0.25, -0.2) is 0 Å². The predicted octanol–water partition coefficient (Wildman–Crippen LogP) is 1.83. The molecule has 0 aromatic heterocycles. The number of aliphatic imine (C=N–C) groups is 1. The molecule has 0 radical (unpaired) electrons. The van der Waals surface area contributed by atoms with Crippen LogP contribution in [-0.4, -0.2) is 23.7 Å². The highest BCUT2D eigenvalue weighted by molar-refractivity contribution is 6.04. The van der Waals surface area contributed by atoms with Crippen LogP contribution in [0.1, 0.15) is 12.5 Å². The van der Waals surface area contributed by atoms with Gasteiger partial charge in [-0.05, 0) is 13.0 Å². The SMILES string of the molecule is CC1=NCCNc2ccc([N+](=O)[O-])cc21. The van der Waals surface area contributed by atoms with E-state index in [-0.39, 0.29) is 5.69 Å². The number of rotatable bonds is 1. The average Bonchev–Trinajstić information content (AvgIpc) is 2.40. The van der Waals surface area contributed by atoms with Crippen molar-refractivity contribution in [1.29, 1.82) is 0 Å². The van der Waals surface area contributed by atoms with E-state index < -0.39 is 4.92 Å². The third kappa shape index (κ3) is 1.81. The number of benzodiazepines with no additional fused rings is 1. The van der Waals surface area contributed by atoms with Gasteiger partial charge in [-0.15, -0.1) is 0 Å². The van der Waals surface area contributed by atoms with E-state index >= 15 is 0 Å². The van der Waals surface area contributed by atoms with Crippen molar-refractivity contribution in [1.82, 2.24) is 0 Å². The van der Waals surface area contributed by atoms with Gasteiger partial charge in [-0.1, -0.05) is 0 Å². The summed E-state index contributed by atoms with van der Waals surface area (Å²) in [4.78, 5) is 14.5. The Morgan fingerprint density at radius 3 is 3.07 bits per heavy atom. The van der Waals surface area contributed by atoms with E-state index in [1.165, 1.54) is 6.07 Å². The molecule has 1 heterocycles. The normalized spacial score (nSPS) is 14.6. The summed E-state index contributed by atoms with van der Waals surface area (Å²) in [5, 5.41) is 13.8. The Bertz CT molecular complexity index is 440. The standard InChI is InChI=1S/C10H11N3O2/c1-7-9-6-8(13(14)15)2-3-10(9)12-5-4-11-7/h2-3,6,12H,4-5H2,1H3. The van der Waals surface area contributed by atoms with Gasteiger partial charge in [0.1, 0.15) is 0 Å². The Kier molecular flexibility index (Phi) is 2.37. The summed E-state index contributed by atoms with van der Waals surface area (Å²) < 4.78 is 0. The zero-order valence-corrected chi connectivity index (χ0v) is 8.36. The Morgan fingerprint density at radius 1 is 1.53 bits per heavy atom. The number of benzene rings is 1. The monoisotopic (exact) mass is 205 g/mol. The van der Waals surface area contributed by atoms with Crippen LogP contribution >= 0.6 is 0 Å². The first-order valence-electron chi connectivity index (χ1n) is 4.72. The molecular formula is C10H11N3O2. The van der Waals surface area contributed by atoms with Gasteiger partial charge < -0.3 is 5.32 Å². The summed E-state index contributed by atoms with van der Waals surface area (Å²) in [6.45, 7) is 3.34. The van der Waals surface area contributed by atoms with Crippen molar-refractivity contribution in [2.24, 2.45) is 4.99 Å². The van der Waals surface area contributed by atoms with Crippen molar-refractivity contribution in [3.63, 3.8) is 0 Å². The number of nitrogens with zero attached hydrogens (tertiary/aromatic N) is 2. The van der Waals surface area contributed by atoms with Crippen molar-refractivity contribution >= 4 is 17.1 Å². The van der Waals surface area contributed by atoms with Crippen LogP contribution < -0.4 is 5.32 Å². The Hall–Kier alpha value is -1.91. The fourth-order valence-corrected chi connectivity index (χ4v) is 1.60. The molecule has 1 aromatic carbocycles. The Balaban J connectivity index is 2.53. The van der Waals surface area contributed by atoms with Crippen LogP contribution in [0.4, 0.5) is 11.4 Å². The molecule has 0 amide bonds. The summed E-state index contributed by atoms with van der Waals surface area (Å²) in [6, 6.07) is 4.80. The average molecular weight is 205 g/mol.